The molecule has 0 aromatic carbocycles. The van der Waals surface area contributed by atoms with E-state index in [0.29, 0.717) is 6.42 Å². The summed E-state index contributed by atoms with van der Waals surface area (Å²) in [6.07, 6.45) is 16.8. The molecule has 180 valence electrons. The highest BCUT2D eigenvalue weighted by atomic mass is 17.2. The molecule has 0 saturated carbocycles. The van der Waals surface area contributed by atoms with Crippen LogP contribution in [0.1, 0.15) is 97.3 Å². The van der Waals surface area contributed by atoms with E-state index in [4.69, 9.17) is 20.2 Å². The van der Waals surface area contributed by atoms with Crippen LogP contribution in [0.5, 0.6) is 0 Å². The highest BCUT2D eigenvalue weighted by Crippen LogP contribution is 2.11. The van der Waals surface area contributed by atoms with E-state index < -0.39 is 6.10 Å². The first kappa shape index (κ1) is 31.2. The first-order valence-corrected chi connectivity index (χ1v) is 11.5. The highest BCUT2D eigenvalue weighted by Gasteiger charge is 2.07. The summed E-state index contributed by atoms with van der Waals surface area (Å²) in [7, 11) is 0. The van der Waals surface area contributed by atoms with Crippen molar-refractivity contribution in [3.8, 4) is 0 Å². The number of hydrogen-bond donors (Lipinski definition) is 4. The van der Waals surface area contributed by atoms with Crippen molar-refractivity contribution in [3.63, 3.8) is 0 Å². The van der Waals surface area contributed by atoms with Gasteiger partial charge >= 0.3 is 5.97 Å². The summed E-state index contributed by atoms with van der Waals surface area (Å²) in [5, 5.41) is 33.9. The molecule has 7 nitrogen and oxygen atoms in total. The average molecular weight is 435 g/mol. The SMILES string of the molecule is CCCCCC[C@@H](O)C/C=C\CCCCCCCC(=O)OOC(C)CO.OCCO. The van der Waals surface area contributed by atoms with Crippen molar-refractivity contribution in [1.82, 2.24) is 0 Å². The predicted octanol–water partition coefficient (Wildman–Crippen LogP) is 3.82. The molecular weight excluding hydrogens is 388 g/mol. The molecule has 0 bridgehead atoms. The van der Waals surface area contributed by atoms with E-state index in [0.717, 1.165) is 57.8 Å². The molecule has 7 heteroatoms. The summed E-state index contributed by atoms with van der Waals surface area (Å²) < 4.78 is 0. The molecule has 1 unspecified atom stereocenters. The Morgan fingerprint density at radius 1 is 0.900 bits per heavy atom. The molecular formula is C23H46O7. The molecule has 0 saturated heterocycles. The first-order chi connectivity index (χ1) is 14.5. The zero-order valence-electron chi connectivity index (χ0n) is 19.1. The van der Waals surface area contributed by atoms with Crippen molar-refractivity contribution in [3.05, 3.63) is 12.2 Å². The number of unbranched alkanes of at least 4 members (excludes halogenated alkanes) is 8. The molecule has 0 spiro atoms. The van der Waals surface area contributed by atoms with Crippen molar-refractivity contribution in [2.75, 3.05) is 19.8 Å². The lowest BCUT2D eigenvalue weighted by molar-refractivity contribution is -0.298. The number of hydrogen-bond acceptors (Lipinski definition) is 7. The maximum absolute atomic E-state index is 11.4. The molecule has 0 aliphatic carbocycles. The molecule has 4 N–H and O–H groups in total. The lowest BCUT2D eigenvalue weighted by atomic mass is 10.1. The minimum Gasteiger partial charge on any atom is -0.394 e. The molecule has 30 heavy (non-hydrogen) atoms. The molecule has 2 atom stereocenters. The highest BCUT2D eigenvalue weighted by molar-refractivity contribution is 5.68. The molecule has 0 amide bonds. The van der Waals surface area contributed by atoms with Gasteiger partial charge in [-0.05, 0) is 39.0 Å². The number of aliphatic hydroxyl groups excluding tert-OH is 4. The molecule has 0 fully saturated rings. The number of aliphatic hydroxyl groups is 4. The second-order valence-electron chi connectivity index (χ2n) is 7.51. The standard InChI is InChI=1S/C21H40O5.C2H6O2/c1-3-4-5-12-15-20(23)16-13-10-8-6-7-9-11-14-17-21(24)26-25-19(2)18-22;3-1-2-4/h10,13,19-20,22-23H,3-9,11-12,14-18H2,1-2H3;3-4H,1-2H2/b13-10-;/t19?,20-;/m1./s1. The third-order valence-corrected chi connectivity index (χ3v) is 4.38. The molecule has 0 aromatic heterocycles. The summed E-state index contributed by atoms with van der Waals surface area (Å²) >= 11 is 0. The first-order valence-electron chi connectivity index (χ1n) is 11.5. The van der Waals surface area contributed by atoms with Gasteiger partial charge in [-0.25, -0.2) is 4.79 Å². The number of rotatable bonds is 19. The Morgan fingerprint density at radius 2 is 1.53 bits per heavy atom. The van der Waals surface area contributed by atoms with E-state index in [1.165, 1.54) is 19.3 Å². The summed E-state index contributed by atoms with van der Waals surface area (Å²) in [4.78, 5) is 20.7. The van der Waals surface area contributed by atoms with Crippen molar-refractivity contribution < 1.29 is 35.0 Å². The third-order valence-electron chi connectivity index (χ3n) is 4.38. The Morgan fingerprint density at radius 3 is 2.17 bits per heavy atom. The van der Waals surface area contributed by atoms with Gasteiger partial charge in [0.1, 0.15) is 6.10 Å². The Labute approximate surface area is 183 Å². The fourth-order valence-corrected chi connectivity index (χ4v) is 2.57. The van der Waals surface area contributed by atoms with Crippen LogP contribution in [0.15, 0.2) is 12.2 Å². The predicted molar refractivity (Wildman–Crippen MR) is 119 cm³/mol. The Kier molecular flexibility index (Phi) is 27.1. The van der Waals surface area contributed by atoms with Crippen LogP contribution < -0.4 is 0 Å². The maximum atomic E-state index is 11.4. The summed E-state index contributed by atoms with van der Waals surface area (Å²) in [5.41, 5.74) is 0. The summed E-state index contributed by atoms with van der Waals surface area (Å²) in [6, 6.07) is 0. The van der Waals surface area contributed by atoms with Crippen molar-refractivity contribution >= 4 is 5.97 Å². The van der Waals surface area contributed by atoms with Gasteiger partial charge in [-0.3, -0.25) is 4.89 Å². The lowest BCUT2D eigenvalue weighted by Crippen LogP contribution is -2.16. The van der Waals surface area contributed by atoms with Crippen molar-refractivity contribution in [1.29, 1.82) is 0 Å². The van der Waals surface area contributed by atoms with Gasteiger partial charge in [0.25, 0.3) is 0 Å². The van der Waals surface area contributed by atoms with Crippen LogP contribution in [-0.2, 0) is 14.6 Å². The summed E-state index contributed by atoms with van der Waals surface area (Å²) in [6.45, 7) is 3.42. The van der Waals surface area contributed by atoms with Gasteiger partial charge in [-0.1, -0.05) is 64.0 Å². The Balaban J connectivity index is 0. The molecule has 0 aliphatic rings. The van der Waals surface area contributed by atoms with E-state index in [-0.39, 0.29) is 31.9 Å². The van der Waals surface area contributed by atoms with E-state index >= 15 is 0 Å². The molecule has 0 heterocycles. The van der Waals surface area contributed by atoms with E-state index in [1.807, 2.05) is 0 Å². The van der Waals surface area contributed by atoms with Crippen LogP contribution in [0.4, 0.5) is 0 Å². The average Bonchev–Trinajstić information content (AvgIpc) is 2.76. The van der Waals surface area contributed by atoms with Crippen molar-refractivity contribution in [2.24, 2.45) is 0 Å². The maximum Gasteiger partial charge on any atom is 0.342 e. The van der Waals surface area contributed by atoms with Crippen LogP contribution in [0, 0.1) is 0 Å². The van der Waals surface area contributed by atoms with Crippen LogP contribution >= 0.6 is 0 Å². The minimum absolute atomic E-state index is 0.125. The topological polar surface area (TPSA) is 116 Å². The van der Waals surface area contributed by atoms with Crippen LogP contribution in [0.3, 0.4) is 0 Å². The smallest absolute Gasteiger partial charge is 0.342 e. The van der Waals surface area contributed by atoms with E-state index in [9.17, 15) is 9.90 Å². The molecule has 0 radical (unpaired) electrons. The molecule has 0 aromatic rings. The Hall–Kier alpha value is -0.990. The van der Waals surface area contributed by atoms with Gasteiger partial charge < -0.3 is 20.4 Å². The Bertz CT molecular complexity index is 373. The largest absolute Gasteiger partial charge is 0.394 e. The van der Waals surface area contributed by atoms with Gasteiger partial charge in [0.15, 0.2) is 0 Å². The number of carbonyl (C=O) groups excluding carboxylic acids is 1. The monoisotopic (exact) mass is 434 g/mol. The number of carbonyl (C=O) groups is 1. The van der Waals surface area contributed by atoms with Gasteiger partial charge in [0.2, 0.25) is 0 Å². The lowest BCUT2D eigenvalue weighted by Gasteiger charge is -2.07. The van der Waals surface area contributed by atoms with Gasteiger partial charge in [-0.2, -0.15) is 4.89 Å². The van der Waals surface area contributed by atoms with Gasteiger partial charge in [-0.15, -0.1) is 0 Å². The van der Waals surface area contributed by atoms with Gasteiger partial charge in [0.05, 0.1) is 25.9 Å². The second kappa shape index (κ2) is 26.0. The number of allylic oxidation sites excluding steroid dienone is 1. The van der Waals surface area contributed by atoms with Gasteiger partial charge in [0, 0.05) is 6.42 Å². The van der Waals surface area contributed by atoms with E-state index in [1.54, 1.807) is 6.92 Å². The van der Waals surface area contributed by atoms with Crippen LogP contribution in [0.2, 0.25) is 0 Å². The fraction of sp³-hybridized carbons (Fsp3) is 0.870. The zero-order valence-corrected chi connectivity index (χ0v) is 19.1. The van der Waals surface area contributed by atoms with Crippen molar-refractivity contribution in [2.45, 2.75) is 110 Å². The normalized spacial score (nSPS) is 13.0. The van der Waals surface area contributed by atoms with E-state index in [2.05, 4.69) is 24.0 Å². The molecule has 0 aliphatic heterocycles. The fourth-order valence-electron chi connectivity index (χ4n) is 2.57. The summed E-state index contributed by atoms with van der Waals surface area (Å²) in [5.74, 6) is -0.374. The van der Waals surface area contributed by atoms with Crippen LogP contribution in [-0.4, -0.2) is 58.4 Å². The third kappa shape index (κ3) is 27.0. The van der Waals surface area contributed by atoms with Crippen LogP contribution in [0.25, 0.3) is 0 Å². The minimum atomic E-state index is -0.478. The zero-order chi connectivity index (χ0) is 22.9. The quantitative estimate of drug-likeness (QED) is 0.106. The molecule has 0 rings (SSSR count). The second-order valence-corrected chi connectivity index (χ2v) is 7.51.